The number of nitrogen functional groups attached to an aromatic ring is 1. The summed E-state index contributed by atoms with van der Waals surface area (Å²) in [6.45, 7) is 0. The number of fused-ring (bicyclic) bond motifs is 1. The quantitative estimate of drug-likeness (QED) is 0.412. The molecule has 0 saturated heterocycles. The van der Waals surface area contributed by atoms with Gasteiger partial charge in [-0.15, -0.1) is 0 Å². The van der Waals surface area contributed by atoms with Gasteiger partial charge in [0.05, 0.1) is 11.2 Å². The van der Waals surface area contributed by atoms with Gasteiger partial charge in [-0.25, -0.2) is 14.4 Å². The first-order valence-electron chi connectivity index (χ1n) is 7.96. The van der Waals surface area contributed by atoms with Gasteiger partial charge in [0.25, 0.3) is 0 Å². The molecule has 0 fully saturated rings. The molecule has 2 heterocycles. The number of benzene rings is 2. The number of nitrogens with two attached hydrogens (primary N) is 1. The Morgan fingerprint density at radius 2 is 1.89 bits per heavy atom. The van der Waals surface area contributed by atoms with Crippen LogP contribution in [0.25, 0.3) is 10.9 Å². The molecule has 0 spiro atoms. The second kappa shape index (κ2) is 7.50. The van der Waals surface area contributed by atoms with Crippen LogP contribution in [0.15, 0.2) is 75.4 Å². The monoisotopic (exact) mass is 441 g/mol. The van der Waals surface area contributed by atoms with E-state index in [4.69, 9.17) is 5.73 Å². The Bertz CT molecular complexity index is 1130. The lowest BCUT2D eigenvalue weighted by molar-refractivity contribution is 0.631. The maximum Gasteiger partial charge on any atom is 0.158 e. The molecule has 0 amide bonds. The summed E-state index contributed by atoms with van der Waals surface area (Å²) in [4.78, 5) is 13.8. The second-order valence-electron chi connectivity index (χ2n) is 5.62. The van der Waals surface area contributed by atoms with Crippen LogP contribution in [0.1, 0.15) is 0 Å². The first-order valence-corrected chi connectivity index (χ1v) is 9.57. The Morgan fingerprint density at radius 1 is 1.04 bits per heavy atom. The van der Waals surface area contributed by atoms with Gasteiger partial charge in [0, 0.05) is 21.0 Å². The minimum atomic E-state index is -0.408. The highest BCUT2D eigenvalue weighted by Gasteiger charge is 2.13. The van der Waals surface area contributed by atoms with Crippen molar-refractivity contribution in [2.75, 3.05) is 11.1 Å². The highest BCUT2D eigenvalue weighted by molar-refractivity contribution is 9.10. The van der Waals surface area contributed by atoms with Gasteiger partial charge in [-0.05, 0) is 30.3 Å². The lowest BCUT2D eigenvalue weighted by atomic mass is 10.2. The van der Waals surface area contributed by atoms with Gasteiger partial charge >= 0.3 is 0 Å². The predicted molar refractivity (Wildman–Crippen MR) is 110 cm³/mol. The lowest BCUT2D eigenvalue weighted by Gasteiger charge is -2.12. The molecule has 0 aliphatic rings. The number of nitrogens with zero attached hydrogens (tertiary/aromatic N) is 3. The molecule has 0 bridgehead atoms. The molecule has 8 heteroatoms. The third kappa shape index (κ3) is 3.72. The topological polar surface area (TPSA) is 76.7 Å². The largest absolute Gasteiger partial charge is 0.394 e. The van der Waals surface area contributed by atoms with E-state index in [1.54, 1.807) is 18.3 Å². The van der Waals surface area contributed by atoms with Crippen molar-refractivity contribution < 1.29 is 4.39 Å². The molecule has 134 valence electrons. The zero-order valence-electron chi connectivity index (χ0n) is 13.9. The van der Waals surface area contributed by atoms with Crippen LogP contribution in [0, 0.1) is 5.82 Å². The average Bonchev–Trinajstić information content (AvgIpc) is 2.67. The van der Waals surface area contributed by atoms with E-state index in [0.29, 0.717) is 21.0 Å². The number of nitrogens with one attached hydrogen (secondary N) is 1. The summed E-state index contributed by atoms with van der Waals surface area (Å²) in [6.07, 6.45) is 3.15. The normalized spacial score (nSPS) is 10.9. The molecule has 2 aromatic carbocycles. The summed E-state index contributed by atoms with van der Waals surface area (Å²) in [6, 6.07) is 14.5. The summed E-state index contributed by atoms with van der Waals surface area (Å²) in [5.74, 6) is -0.0586. The van der Waals surface area contributed by atoms with Gasteiger partial charge in [0.1, 0.15) is 22.9 Å². The minimum Gasteiger partial charge on any atom is -0.394 e. The molecule has 0 saturated carbocycles. The van der Waals surface area contributed by atoms with Gasteiger partial charge in [-0.2, -0.15) is 0 Å². The molecule has 3 N–H and O–H groups in total. The van der Waals surface area contributed by atoms with Crippen molar-refractivity contribution in [1.29, 1.82) is 0 Å². The number of aromatic nitrogens is 3. The van der Waals surface area contributed by atoms with Gasteiger partial charge < -0.3 is 11.1 Å². The highest BCUT2D eigenvalue weighted by atomic mass is 79.9. The first-order chi connectivity index (χ1) is 13.1. The molecule has 27 heavy (non-hydrogen) atoms. The van der Waals surface area contributed by atoms with Crippen molar-refractivity contribution in [3.05, 3.63) is 71.3 Å². The zero-order chi connectivity index (χ0) is 18.8. The third-order valence-electron chi connectivity index (χ3n) is 3.83. The van der Waals surface area contributed by atoms with E-state index >= 15 is 0 Å². The van der Waals surface area contributed by atoms with E-state index in [9.17, 15) is 4.39 Å². The van der Waals surface area contributed by atoms with E-state index in [2.05, 4.69) is 36.2 Å². The summed E-state index contributed by atoms with van der Waals surface area (Å²) < 4.78 is 14.8. The van der Waals surface area contributed by atoms with Crippen LogP contribution >= 0.6 is 27.7 Å². The summed E-state index contributed by atoms with van der Waals surface area (Å²) in [5, 5.41) is 4.54. The zero-order valence-corrected chi connectivity index (χ0v) is 16.3. The Labute approximate surface area is 167 Å². The van der Waals surface area contributed by atoms with E-state index < -0.39 is 5.82 Å². The Morgan fingerprint density at radius 3 is 2.74 bits per heavy atom. The van der Waals surface area contributed by atoms with Crippen LogP contribution in [-0.4, -0.2) is 15.0 Å². The third-order valence-corrected chi connectivity index (χ3v) is 5.40. The van der Waals surface area contributed by atoms with Crippen LogP contribution in [0.4, 0.5) is 21.6 Å². The Hall–Kier alpha value is -2.71. The SMILES string of the molecule is Nc1c(Nc2ccc(Br)cc2F)ncnc1Sc1cccc2cccnc12. The van der Waals surface area contributed by atoms with Crippen molar-refractivity contribution in [2.24, 2.45) is 0 Å². The molecule has 4 aromatic rings. The summed E-state index contributed by atoms with van der Waals surface area (Å²) in [7, 11) is 0. The maximum atomic E-state index is 14.1. The Balaban J connectivity index is 1.67. The van der Waals surface area contributed by atoms with Gasteiger partial charge in [0.15, 0.2) is 5.82 Å². The number of hydrogen-bond donors (Lipinski definition) is 2. The van der Waals surface area contributed by atoms with E-state index in [0.717, 1.165) is 15.8 Å². The molecule has 4 rings (SSSR count). The fraction of sp³-hybridized carbons (Fsp3) is 0. The van der Waals surface area contributed by atoms with Crippen molar-refractivity contribution >= 4 is 55.8 Å². The second-order valence-corrected chi connectivity index (χ2v) is 7.57. The molecule has 5 nitrogen and oxygen atoms in total. The molecule has 0 atom stereocenters. The maximum absolute atomic E-state index is 14.1. The van der Waals surface area contributed by atoms with Crippen LogP contribution in [0.5, 0.6) is 0 Å². The smallest absolute Gasteiger partial charge is 0.158 e. The molecule has 0 aliphatic carbocycles. The van der Waals surface area contributed by atoms with Gasteiger partial charge in [0.2, 0.25) is 0 Å². The number of hydrogen-bond acceptors (Lipinski definition) is 6. The molecule has 0 aliphatic heterocycles. The number of rotatable bonds is 4. The highest BCUT2D eigenvalue weighted by Crippen LogP contribution is 2.37. The van der Waals surface area contributed by atoms with E-state index in [1.165, 1.54) is 24.2 Å². The van der Waals surface area contributed by atoms with Gasteiger partial charge in [-0.3, -0.25) is 4.98 Å². The van der Waals surface area contributed by atoms with Crippen LogP contribution in [-0.2, 0) is 0 Å². The van der Waals surface area contributed by atoms with Crippen LogP contribution < -0.4 is 11.1 Å². The lowest BCUT2D eigenvalue weighted by Crippen LogP contribution is -2.03. The Kier molecular flexibility index (Phi) is 4.91. The summed E-state index contributed by atoms with van der Waals surface area (Å²) >= 11 is 4.63. The number of pyridine rings is 1. The van der Waals surface area contributed by atoms with Crippen LogP contribution in [0.2, 0.25) is 0 Å². The molecule has 0 radical (unpaired) electrons. The van der Waals surface area contributed by atoms with Crippen molar-refractivity contribution in [3.63, 3.8) is 0 Å². The van der Waals surface area contributed by atoms with Gasteiger partial charge in [-0.1, -0.05) is 45.9 Å². The number of anilines is 3. The predicted octanol–water partition coefficient (Wildman–Crippen LogP) is 5.40. The van der Waals surface area contributed by atoms with E-state index in [-0.39, 0.29) is 5.69 Å². The van der Waals surface area contributed by atoms with Crippen molar-refractivity contribution in [3.8, 4) is 0 Å². The average molecular weight is 442 g/mol. The first kappa shape index (κ1) is 17.7. The number of para-hydroxylation sites is 1. The minimum absolute atomic E-state index is 0.284. The molecule has 0 unspecified atom stereocenters. The number of halogens is 2. The molecular weight excluding hydrogens is 429 g/mol. The van der Waals surface area contributed by atoms with E-state index in [1.807, 2.05) is 30.3 Å². The van der Waals surface area contributed by atoms with Crippen molar-refractivity contribution in [1.82, 2.24) is 15.0 Å². The molecular formula is C19H13BrFN5S. The van der Waals surface area contributed by atoms with Crippen molar-refractivity contribution in [2.45, 2.75) is 9.92 Å². The fourth-order valence-electron chi connectivity index (χ4n) is 2.54. The summed E-state index contributed by atoms with van der Waals surface area (Å²) in [5.41, 5.74) is 7.74. The fourth-order valence-corrected chi connectivity index (χ4v) is 3.80. The standard InChI is InChI=1S/C19H13BrFN5S/c20-12-6-7-14(13(21)9-12)26-18-16(22)19(25-10-24-18)27-15-5-1-3-11-4-2-8-23-17(11)15/h1-10H,22H2,(H,24,25,26). The van der Waals surface area contributed by atoms with Crippen LogP contribution in [0.3, 0.4) is 0 Å². The molecule has 2 aromatic heterocycles.